The number of nitrogens with two attached hydrogens (primary N) is 1. The first-order valence-corrected chi connectivity index (χ1v) is 8.78. The fourth-order valence-electron chi connectivity index (χ4n) is 2.71. The number of rotatable bonds is 5. The van der Waals surface area contributed by atoms with E-state index in [2.05, 4.69) is 11.6 Å². The first kappa shape index (κ1) is 15.8. The maximum atomic E-state index is 12.3. The van der Waals surface area contributed by atoms with Gasteiger partial charge in [-0.05, 0) is 36.0 Å². The van der Waals surface area contributed by atoms with E-state index in [0.29, 0.717) is 24.9 Å². The topological polar surface area (TPSA) is 72.2 Å². The predicted molar refractivity (Wildman–Crippen MR) is 81.0 cm³/mol. The van der Waals surface area contributed by atoms with Gasteiger partial charge in [-0.2, -0.15) is 0 Å². The first-order valence-electron chi connectivity index (χ1n) is 6.92. The summed E-state index contributed by atoms with van der Waals surface area (Å²) < 4.78 is 27.3. The Hall–Kier alpha value is -0.620. The maximum Gasteiger partial charge on any atom is 0.242 e. The summed E-state index contributed by atoms with van der Waals surface area (Å²) in [5.41, 5.74) is 6.33. The van der Waals surface area contributed by atoms with E-state index in [-0.39, 0.29) is 9.92 Å². The van der Waals surface area contributed by atoms with Crippen LogP contribution >= 0.6 is 11.6 Å². The van der Waals surface area contributed by atoms with Gasteiger partial charge in [0.25, 0.3) is 0 Å². The molecule has 2 unspecified atom stereocenters. The monoisotopic (exact) mass is 316 g/mol. The first-order chi connectivity index (χ1) is 9.44. The summed E-state index contributed by atoms with van der Waals surface area (Å²) >= 11 is 6.04. The molecule has 0 spiro atoms. The van der Waals surface area contributed by atoms with E-state index in [1.54, 1.807) is 12.1 Å². The smallest absolute Gasteiger partial charge is 0.242 e. The molecule has 0 radical (unpaired) electrons. The van der Waals surface area contributed by atoms with E-state index in [1.807, 2.05) is 0 Å². The molecule has 2 atom stereocenters. The standard InChI is InChI=1S/C14H21ClN2O2S/c1-10-3-2-4-12(10)9-17-20(18,19)14-6-5-11(8-16)7-13(14)15/h5-7,10,12,17H,2-4,8-9,16H2,1H3. The number of hydrogen-bond acceptors (Lipinski definition) is 3. The Morgan fingerprint density at radius 1 is 1.40 bits per heavy atom. The molecular weight excluding hydrogens is 296 g/mol. The van der Waals surface area contributed by atoms with Crippen molar-refractivity contribution >= 4 is 21.6 Å². The zero-order valence-corrected chi connectivity index (χ0v) is 13.2. The quantitative estimate of drug-likeness (QED) is 0.876. The number of sulfonamides is 1. The highest BCUT2D eigenvalue weighted by atomic mass is 35.5. The lowest BCUT2D eigenvalue weighted by Gasteiger charge is -2.16. The van der Waals surface area contributed by atoms with Crippen molar-refractivity contribution in [3.05, 3.63) is 28.8 Å². The second kappa shape index (κ2) is 6.43. The fourth-order valence-corrected chi connectivity index (χ4v) is 4.37. The largest absolute Gasteiger partial charge is 0.326 e. The molecule has 1 aromatic rings. The molecule has 4 nitrogen and oxygen atoms in total. The van der Waals surface area contributed by atoms with Crippen molar-refractivity contribution in [2.45, 2.75) is 37.6 Å². The molecule has 0 amide bonds. The Morgan fingerprint density at radius 3 is 2.70 bits per heavy atom. The molecule has 2 rings (SSSR count). The SMILES string of the molecule is CC1CCCC1CNS(=O)(=O)c1ccc(CN)cc1Cl. The van der Waals surface area contributed by atoms with Crippen molar-refractivity contribution in [1.82, 2.24) is 4.72 Å². The van der Waals surface area contributed by atoms with Gasteiger partial charge in [-0.3, -0.25) is 0 Å². The van der Waals surface area contributed by atoms with Crippen LogP contribution in [0.5, 0.6) is 0 Å². The van der Waals surface area contributed by atoms with Gasteiger partial charge < -0.3 is 5.73 Å². The molecule has 1 aliphatic rings. The normalized spacial score (nSPS) is 23.1. The van der Waals surface area contributed by atoms with Gasteiger partial charge in [-0.25, -0.2) is 13.1 Å². The van der Waals surface area contributed by atoms with Gasteiger partial charge in [-0.15, -0.1) is 0 Å². The molecule has 1 aliphatic carbocycles. The predicted octanol–water partition coefficient (Wildman–Crippen LogP) is 2.51. The van der Waals surface area contributed by atoms with E-state index >= 15 is 0 Å². The summed E-state index contributed by atoms with van der Waals surface area (Å²) in [4.78, 5) is 0.127. The van der Waals surface area contributed by atoms with Crippen molar-refractivity contribution in [3.63, 3.8) is 0 Å². The number of benzene rings is 1. The van der Waals surface area contributed by atoms with E-state index < -0.39 is 10.0 Å². The Labute approximate surface area is 125 Å². The average Bonchev–Trinajstić information content (AvgIpc) is 2.81. The number of halogens is 1. The Morgan fingerprint density at radius 2 is 2.15 bits per heavy atom. The summed E-state index contributed by atoms with van der Waals surface area (Å²) in [7, 11) is -3.55. The van der Waals surface area contributed by atoms with Crippen molar-refractivity contribution in [2.75, 3.05) is 6.54 Å². The minimum absolute atomic E-state index is 0.127. The second-order valence-electron chi connectivity index (χ2n) is 5.49. The molecular formula is C14H21ClN2O2S. The van der Waals surface area contributed by atoms with Crippen molar-refractivity contribution in [3.8, 4) is 0 Å². The zero-order chi connectivity index (χ0) is 14.8. The molecule has 0 aromatic heterocycles. The van der Waals surface area contributed by atoms with Crippen LogP contribution < -0.4 is 10.5 Å². The van der Waals surface area contributed by atoms with Crippen molar-refractivity contribution < 1.29 is 8.42 Å². The number of nitrogens with one attached hydrogen (secondary N) is 1. The zero-order valence-electron chi connectivity index (χ0n) is 11.6. The molecule has 1 aromatic carbocycles. The molecule has 0 heterocycles. The molecule has 20 heavy (non-hydrogen) atoms. The van der Waals surface area contributed by atoms with Crippen LogP contribution in [0.3, 0.4) is 0 Å². The van der Waals surface area contributed by atoms with Gasteiger partial charge in [-0.1, -0.05) is 37.4 Å². The Bertz CT molecular complexity index is 575. The van der Waals surface area contributed by atoms with E-state index in [4.69, 9.17) is 17.3 Å². The average molecular weight is 317 g/mol. The molecule has 0 bridgehead atoms. The molecule has 0 aliphatic heterocycles. The van der Waals surface area contributed by atoms with E-state index in [0.717, 1.165) is 12.0 Å². The van der Waals surface area contributed by atoms with Gasteiger partial charge in [0.15, 0.2) is 0 Å². The van der Waals surface area contributed by atoms with Gasteiger partial charge in [0, 0.05) is 13.1 Å². The Kier molecular flexibility index (Phi) is 5.07. The molecule has 6 heteroatoms. The molecule has 1 fully saturated rings. The lowest BCUT2D eigenvalue weighted by Crippen LogP contribution is -2.30. The summed E-state index contributed by atoms with van der Waals surface area (Å²) in [6.07, 6.45) is 3.45. The molecule has 112 valence electrons. The molecule has 3 N–H and O–H groups in total. The third-order valence-corrected chi connectivity index (χ3v) is 6.00. The highest BCUT2D eigenvalue weighted by Crippen LogP contribution is 2.31. The minimum atomic E-state index is -3.55. The van der Waals surface area contributed by atoms with Crippen LogP contribution in [0.1, 0.15) is 31.7 Å². The lowest BCUT2D eigenvalue weighted by atomic mass is 9.99. The van der Waals surface area contributed by atoms with Crippen LogP contribution in [-0.4, -0.2) is 15.0 Å². The van der Waals surface area contributed by atoms with Crippen molar-refractivity contribution in [1.29, 1.82) is 0 Å². The van der Waals surface area contributed by atoms with Crippen LogP contribution in [0, 0.1) is 11.8 Å². The summed E-state index contributed by atoms with van der Waals surface area (Å²) in [5.74, 6) is 1.000. The maximum absolute atomic E-state index is 12.3. The van der Waals surface area contributed by atoms with Gasteiger partial charge in [0.1, 0.15) is 4.90 Å². The third kappa shape index (κ3) is 3.52. The van der Waals surface area contributed by atoms with Crippen molar-refractivity contribution in [2.24, 2.45) is 17.6 Å². The lowest BCUT2D eigenvalue weighted by molar-refractivity contribution is 0.414. The minimum Gasteiger partial charge on any atom is -0.326 e. The van der Waals surface area contributed by atoms with E-state index in [1.165, 1.54) is 18.9 Å². The molecule has 0 saturated heterocycles. The second-order valence-corrected chi connectivity index (χ2v) is 7.63. The number of hydrogen-bond donors (Lipinski definition) is 2. The molecule has 1 saturated carbocycles. The fraction of sp³-hybridized carbons (Fsp3) is 0.571. The summed E-state index contributed by atoms with van der Waals surface area (Å²) in [6, 6.07) is 4.82. The third-order valence-electron chi connectivity index (χ3n) is 4.10. The van der Waals surface area contributed by atoms with Crippen LogP contribution in [0.4, 0.5) is 0 Å². The van der Waals surface area contributed by atoms with Crippen LogP contribution in [-0.2, 0) is 16.6 Å². The van der Waals surface area contributed by atoms with Crippen LogP contribution in [0.25, 0.3) is 0 Å². The van der Waals surface area contributed by atoms with Gasteiger partial charge >= 0.3 is 0 Å². The summed E-state index contributed by atoms with van der Waals surface area (Å²) in [5, 5.41) is 0.222. The van der Waals surface area contributed by atoms with Crippen LogP contribution in [0.2, 0.25) is 5.02 Å². The van der Waals surface area contributed by atoms with Crippen LogP contribution in [0.15, 0.2) is 23.1 Å². The van der Waals surface area contributed by atoms with E-state index in [9.17, 15) is 8.42 Å². The highest BCUT2D eigenvalue weighted by molar-refractivity contribution is 7.89. The van der Waals surface area contributed by atoms with Gasteiger partial charge in [0.2, 0.25) is 10.0 Å². The Balaban J connectivity index is 2.10. The van der Waals surface area contributed by atoms with Gasteiger partial charge in [0.05, 0.1) is 5.02 Å². The highest BCUT2D eigenvalue weighted by Gasteiger charge is 2.26. The summed E-state index contributed by atoms with van der Waals surface area (Å²) in [6.45, 7) is 3.00.